The van der Waals surface area contributed by atoms with Crippen molar-refractivity contribution in [3.05, 3.63) is 0 Å². The molecule has 6 atom stereocenters. The molecular formula is C23H44O4Si. The molecule has 6 unspecified atom stereocenters. The summed E-state index contributed by atoms with van der Waals surface area (Å²) < 4.78 is 18.6. The van der Waals surface area contributed by atoms with Gasteiger partial charge in [-0.15, -0.1) is 0 Å². The summed E-state index contributed by atoms with van der Waals surface area (Å²) in [5.41, 5.74) is 0.273. The van der Waals surface area contributed by atoms with E-state index in [1.807, 2.05) is 0 Å². The van der Waals surface area contributed by atoms with Gasteiger partial charge in [0.1, 0.15) is 0 Å². The molecule has 2 aliphatic carbocycles. The van der Waals surface area contributed by atoms with Gasteiger partial charge in [-0.3, -0.25) is 0 Å². The molecule has 1 N–H and O–H groups in total. The molecule has 1 saturated heterocycles. The summed E-state index contributed by atoms with van der Waals surface area (Å²) >= 11 is 0. The molecule has 0 bridgehead atoms. The first-order valence-electron chi connectivity index (χ1n) is 11.8. The predicted octanol–water partition coefficient (Wildman–Crippen LogP) is 4.75. The highest BCUT2D eigenvalue weighted by Gasteiger charge is 2.65. The van der Waals surface area contributed by atoms with E-state index >= 15 is 0 Å². The number of hydrogen-bond acceptors (Lipinski definition) is 4. The average molecular weight is 413 g/mol. The second-order valence-corrected chi connectivity index (χ2v) is 13.3. The number of rotatable bonds is 9. The van der Waals surface area contributed by atoms with Gasteiger partial charge in [-0.2, -0.15) is 0 Å². The molecule has 1 aliphatic heterocycles. The molecule has 0 aromatic heterocycles. The van der Waals surface area contributed by atoms with Crippen LogP contribution in [0.5, 0.6) is 0 Å². The molecule has 5 heteroatoms. The average Bonchev–Trinajstić information content (AvgIpc) is 3.17. The van der Waals surface area contributed by atoms with Crippen molar-refractivity contribution in [2.24, 2.45) is 29.1 Å². The molecule has 28 heavy (non-hydrogen) atoms. The maximum absolute atomic E-state index is 11.2. The van der Waals surface area contributed by atoms with E-state index in [0.29, 0.717) is 31.0 Å². The second kappa shape index (κ2) is 9.05. The Kier molecular flexibility index (Phi) is 7.35. The Morgan fingerprint density at radius 2 is 1.86 bits per heavy atom. The van der Waals surface area contributed by atoms with Gasteiger partial charge >= 0.3 is 0 Å². The number of aliphatic hydroxyl groups is 1. The summed E-state index contributed by atoms with van der Waals surface area (Å²) in [6.45, 7) is 15.3. The molecule has 0 aromatic rings. The minimum absolute atomic E-state index is 0.177. The fourth-order valence-corrected chi connectivity index (χ4v) is 6.94. The lowest BCUT2D eigenvalue weighted by Gasteiger charge is -2.48. The van der Waals surface area contributed by atoms with Gasteiger partial charge in [-0.05, 0) is 49.6 Å². The monoisotopic (exact) mass is 412 g/mol. The van der Waals surface area contributed by atoms with Gasteiger partial charge in [0.2, 0.25) is 0 Å². The molecule has 0 radical (unpaired) electrons. The molecule has 3 fully saturated rings. The highest BCUT2D eigenvalue weighted by Crippen LogP contribution is 2.60. The second-order valence-electron chi connectivity index (χ2n) is 10.9. The minimum Gasteiger partial charge on any atom is -0.417 e. The maximum Gasteiger partial charge on any atom is 0.172 e. The number of fused-ring (bicyclic) bond motifs is 2. The van der Waals surface area contributed by atoms with Crippen LogP contribution in [0.4, 0.5) is 0 Å². The third-order valence-electron chi connectivity index (χ3n) is 7.60. The zero-order valence-electron chi connectivity index (χ0n) is 19.1. The van der Waals surface area contributed by atoms with Crippen LogP contribution < -0.4 is 0 Å². The minimum atomic E-state index is -1.19. The first kappa shape index (κ1) is 22.7. The molecule has 3 rings (SSSR count). The Hall–Kier alpha value is 0.0569. The van der Waals surface area contributed by atoms with Gasteiger partial charge in [0, 0.05) is 18.3 Å². The molecule has 1 spiro atoms. The Labute approximate surface area is 174 Å². The zero-order chi connectivity index (χ0) is 20.5. The van der Waals surface area contributed by atoms with Crippen molar-refractivity contribution in [1.82, 2.24) is 0 Å². The summed E-state index contributed by atoms with van der Waals surface area (Å²) in [4.78, 5) is 0. The summed E-state index contributed by atoms with van der Waals surface area (Å²) in [5.74, 6) is 1.16. The van der Waals surface area contributed by atoms with E-state index in [-0.39, 0.29) is 29.3 Å². The first-order valence-corrected chi connectivity index (χ1v) is 14.6. The van der Waals surface area contributed by atoms with Crippen LogP contribution in [0.25, 0.3) is 0 Å². The summed E-state index contributed by atoms with van der Waals surface area (Å²) in [6.07, 6.45) is 7.98. The van der Waals surface area contributed by atoms with Crippen molar-refractivity contribution in [2.45, 2.75) is 104 Å². The molecular weight excluding hydrogens is 368 g/mol. The van der Waals surface area contributed by atoms with E-state index in [1.165, 1.54) is 25.7 Å². The molecule has 4 nitrogen and oxygen atoms in total. The molecule has 1 heterocycles. The van der Waals surface area contributed by atoms with Gasteiger partial charge < -0.3 is 19.0 Å². The topological polar surface area (TPSA) is 47.9 Å². The summed E-state index contributed by atoms with van der Waals surface area (Å²) in [5, 5.41) is 11.2. The van der Waals surface area contributed by atoms with Crippen LogP contribution in [-0.4, -0.2) is 45.4 Å². The van der Waals surface area contributed by atoms with Crippen molar-refractivity contribution in [3.63, 3.8) is 0 Å². The quantitative estimate of drug-likeness (QED) is 0.439. The first-order chi connectivity index (χ1) is 13.2. The Morgan fingerprint density at radius 1 is 1.18 bits per heavy atom. The SMILES string of the molecule is CCCCCC(CC(O[SiH](C)C)C1CC2C(CC23OCCO3)C1O)C(C)(C)C. The number of ether oxygens (including phenoxy) is 2. The van der Waals surface area contributed by atoms with Crippen LogP contribution >= 0.6 is 0 Å². The molecule has 0 amide bonds. The zero-order valence-corrected chi connectivity index (χ0v) is 20.2. The van der Waals surface area contributed by atoms with Crippen molar-refractivity contribution in [2.75, 3.05) is 13.2 Å². The third-order valence-corrected chi connectivity index (χ3v) is 8.50. The van der Waals surface area contributed by atoms with Gasteiger partial charge in [0.15, 0.2) is 14.8 Å². The molecule has 164 valence electrons. The maximum atomic E-state index is 11.2. The molecule has 2 saturated carbocycles. The lowest BCUT2D eigenvalue weighted by atomic mass is 9.69. The number of hydrogen-bond donors (Lipinski definition) is 1. The highest BCUT2D eigenvalue weighted by molar-refractivity contribution is 6.48. The van der Waals surface area contributed by atoms with Crippen LogP contribution in [0, 0.1) is 29.1 Å². The van der Waals surface area contributed by atoms with E-state index in [2.05, 4.69) is 40.8 Å². The van der Waals surface area contributed by atoms with Gasteiger partial charge in [0.25, 0.3) is 0 Å². The smallest absolute Gasteiger partial charge is 0.172 e. The standard InChI is InChI=1S/C23H44O4Si/c1-7-8-9-10-16(22(2,3)4)13-20(27-28(5)6)17-14-19-18(21(17)24)15-23(19)25-11-12-26-23/h16-21,24,28H,7-15H2,1-6H3. The Morgan fingerprint density at radius 3 is 2.43 bits per heavy atom. The van der Waals surface area contributed by atoms with Crippen molar-refractivity contribution < 1.29 is 19.0 Å². The number of unbranched alkanes of at least 4 members (excludes halogenated alkanes) is 2. The van der Waals surface area contributed by atoms with Gasteiger partial charge in [-0.25, -0.2) is 0 Å². The van der Waals surface area contributed by atoms with E-state index in [4.69, 9.17) is 13.9 Å². The van der Waals surface area contributed by atoms with E-state index < -0.39 is 9.04 Å². The van der Waals surface area contributed by atoms with Crippen LogP contribution in [0.2, 0.25) is 13.1 Å². The van der Waals surface area contributed by atoms with Crippen molar-refractivity contribution >= 4 is 9.04 Å². The molecule has 3 aliphatic rings. The Bertz CT molecular complexity index is 497. The van der Waals surface area contributed by atoms with E-state index in [1.54, 1.807) is 0 Å². The largest absolute Gasteiger partial charge is 0.417 e. The lowest BCUT2D eigenvalue weighted by molar-refractivity contribution is -0.275. The van der Waals surface area contributed by atoms with Crippen LogP contribution in [0.1, 0.15) is 72.6 Å². The normalized spacial score (nSPS) is 33.9. The van der Waals surface area contributed by atoms with Gasteiger partial charge in [-0.1, -0.05) is 47.0 Å². The summed E-state index contributed by atoms with van der Waals surface area (Å²) in [7, 11) is -1.19. The van der Waals surface area contributed by atoms with Gasteiger partial charge in [0.05, 0.1) is 25.4 Å². The number of aliphatic hydroxyl groups excluding tert-OH is 1. The van der Waals surface area contributed by atoms with Crippen LogP contribution in [-0.2, 0) is 13.9 Å². The fraction of sp³-hybridized carbons (Fsp3) is 1.00. The predicted molar refractivity (Wildman–Crippen MR) is 116 cm³/mol. The van der Waals surface area contributed by atoms with Crippen molar-refractivity contribution in [3.8, 4) is 0 Å². The van der Waals surface area contributed by atoms with Crippen LogP contribution in [0.3, 0.4) is 0 Å². The fourth-order valence-electron chi connectivity index (χ4n) is 5.93. The summed E-state index contributed by atoms with van der Waals surface area (Å²) in [6, 6.07) is 0. The van der Waals surface area contributed by atoms with E-state index in [0.717, 1.165) is 19.3 Å². The van der Waals surface area contributed by atoms with Crippen molar-refractivity contribution in [1.29, 1.82) is 0 Å². The highest BCUT2D eigenvalue weighted by atomic mass is 28.3. The van der Waals surface area contributed by atoms with E-state index in [9.17, 15) is 5.11 Å². The third kappa shape index (κ3) is 4.69. The lowest BCUT2D eigenvalue weighted by Crippen LogP contribution is -2.54. The van der Waals surface area contributed by atoms with Crippen LogP contribution in [0.15, 0.2) is 0 Å². The molecule has 0 aromatic carbocycles. The Balaban J connectivity index is 1.70.